The van der Waals surface area contributed by atoms with Crippen LogP contribution < -0.4 is 9.47 Å². The van der Waals surface area contributed by atoms with Gasteiger partial charge in [0.1, 0.15) is 0 Å². The Bertz CT molecular complexity index is 490. The van der Waals surface area contributed by atoms with E-state index >= 15 is 0 Å². The normalized spacial score (nSPS) is 11.6. The first-order valence-electron chi connectivity index (χ1n) is 4.36. The minimum atomic E-state index is -3.75. The van der Waals surface area contributed by atoms with Crippen LogP contribution in [0.1, 0.15) is 5.56 Å². The van der Waals surface area contributed by atoms with Crippen molar-refractivity contribution in [1.82, 2.24) is 0 Å². The van der Waals surface area contributed by atoms with Crippen LogP contribution in [0.15, 0.2) is 18.2 Å². The summed E-state index contributed by atoms with van der Waals surface area (Å²) in [5.74, 6) is -0.626. The zero-order valence-corrected chi connectivity index (χ0v) is 10.3. The molecule has 0 radical (unpaired) electrons. The average Bonchev–Trinajstić information content (AvgIpc) is 2.14. The van der Waals surface area contributed by atoms with Crippen LogP contribution in [0.2, 0.25) is 0 Å². The standard InChI is InChI=1S/C9H9ClF2O4S/c1-15-7-3-2-6(5-17(10,13)14)4-8(7)16-9(11)12/h2-4,9H,5H2,1H3. The fourth-order valence-electron chi connectivity index (χ4n) is 1.20. The van der Waals surface area contributed by atoms with Crippen molar-refractivity contribution in [3.8, 4) is 11.5 Å². The fraction of sp³-hybridized carbons (Fsp3) is 0.333. The summed E-state index contributed by atoms with van der Waals surface area (Å²) in [6, 6.07) is 3.87. The molecule has 0 unspecified atom stereocenters. The zero-order chi connectivity index (χ0) is 13.1. The predicted molar refractivity (Wildman–Crippen MR) is 58.1 cm³/mol. The van der Waals surface area contributed by atoms with Crippen LogP contribution in [0, 0.1) is 0 Å². The summed E-state index contributed by atoms with van der Waals surface area (Å²) in [6.45, 7) is -3.02. The number of ether oxygens (including phenoxy) is 2. The van der Waals surface area contributed by atoms with Crippen molar-refractivity contribution in [2.75, 3.05) is 7.11 Å². The van der Waals surface area contributed by atoms with Crippen LogP contribution in [0.25, 0.3) is 0 Å². The maximum Gasteiger partial charge on any atom is 0.387 e. The second-order valence-electron chi connectivity index (χ2n) is 3.05. The molecule has 0 atom stereocenters. The first-order chi connectivity index (χ1) is 7.81. The van der Waals surface area contributed by atoms with E-state index in [1.165, 1.54) is 19.2 Å². The average molecular weight is 287 g/mol. The minimum absolute atomic E-state index is 0.0843. The Hall–Kier alpha value is -1.08. The summed E-state index contributed by atoms with van der Waals surface area (Å²) < 4.78 is 54.8. The highest BCUT2D eigenvalue weighted by molar-refractivity contribution is 8.13. The summed E-state index contributed by atoms with van der Waals surface area (Å²) >= 11 is 0. The molecule has 1 aromatic carbocycles. The summed E-state index contributed by atoms with van der Waals surface area (Å²) in [7, 11) is 2.58. The molecule has 0 saturated carbocycles. The molecule has 0 aromatic heterocycles. The molecule has 0 spiro atoms. The third-order valence-corrected chi connectivity index (χ3v) is 2.79. The molecule has 0 saturated heterocycles. The molecule has 8 heteroatoms. The Morgan fingerprint density at radius 3 is 2.47 bits per heavy atom. The Kier molecular flexibility index (Phi) is 4.53. The third kappa shape index (κ3) is 4.74. The fourth-order valence-corrected chi connectivity index (χ4v) is 2.15. The number of halogens is 3. The van der Waals surface area contributed by atoms with Crippen molar-refractivity contribution in [3.05, 3.63) is 23.8 Å². The molecule has 0 aliphatic rings. The summed E-state index contributed by atoms with van der Waals surface area (Å²) in [5.41, 5.74) is 0.233. The highest BCUT2D eigenvalue weighted by Crippen LogP contribution is 2.30. The lowest BCUT2D eigenvalue weighted by atomic mass is 10.2. The highest BCUT2D eigenvalue weighted by atomic mass is 35.7. The summed E-state index contributed by atoms with van der Waals surface area (Å²) in [5, 5.41) is 0. The van der Waals surface area contributed by atoms with Crippen LogP contribution in [0.3, 0.4) is 0 Å². The molecular formula is C9H9ClF2O4S. The molecule has 1 aromatic rings. The lowest BCUT2D eigenvalue weighted by Crippen LogP contribution is -2.04. The van der Waals surface area contributed by atoms with Crippen LogP contribution >= 0.6 is 10.7 Å². The van der Waals surface area contributed by atoms with Gasteiger partial charge in [-0.1, -0.05) is 6.07 Å². The first kappa shape index (κ1) is 14.0. The van der Waals surface area contributed by atoms with E-state index in [9.17, 15) is 17.2 Å². The van der Waals surface area contributed by atoms with Gasteiger partial charge in [-0.25, -0.2) is 8.42 Å². The van der Waals surface area contributed by atoms with Crippen LogP contribution in [0.5, 0.6) is 11.5 Å². The molecule has 1 rings (SSSR count). The Morgan fingerprint density at radius 2 is 2.00 bits per heavy atom. The van der Waals surface area contributed by atoms with Gasteiger partial charge >= 0.3 is 6.61 Å². The molecule has 0 N–H and O–H groups in total. The zero-order valence-electron chi connectivity index (χ0n) is 8.69. The molecule has 0 amide bonds. The van der Waals surface area contributed by atoms with E-state index in [4.69, 9.17) is 15.4 Å². The van der Waals surface area contributed by atoms with Crippen molar-refractivity contribution in [2.45, 2.75) is 12.4 Å². The van der Waals surface area contributed by atoms with E-state index in [1.807, 2.05) is 0 Å². The number of benzene rings is 1. The van der Waals surface area contributed by atoms with Gasteiger partial charge in [-0.15, -0.1) is 0 Å². The van der Waals surface area contributed by atoms with E-state index in [0.717, 1.165) is 6.07 Å². The van der Waals surface area contributed by atoms with E-state index in [1.54, 1.807) is 0 Å². The van der Waals surface area contributed by atoms with E-state index in [0.29, 0.717) is 0 Å². The van der Waals surface area contributed by atoms with Crippen molar-refractivity contribution < 1.29 is 26.7 Å². The molecule has 0 heterocycles. The first-order valence-corrected chi connectivity index (χ1v) is 6.83. The van der Waals surface area contributed by atoms with Crippen molar-refractivity contribution >= 4 is 19.7 Å². The molecule has 96 valence electrons. The maximum atomic E-state index is 12.1. The molecule has 0 aliphatic carbocycles. The van der Waals surface area contributed by atoms with Crippen molar-refractivity contribution in [2.24, 2.45) is 0 Å². The number of hydrogen-bond donors (Lipinski definition) is 0. The summed E-state index contributed by atoms with van der Waals surface area (Å²) in [4.78, 5) is 0. The summed E-state index contributed by atoms with van der Waals surface area (Å²) in [6.07, 6.45) is 0. The molecule has 4 nitrogen and oxygen atoms in total. The molecule has 0 fully saturated rings. The maximum absolute atomic E-state index is 12.1. The van der Waals surface area contributed by atoms with Gasteiger partial charge in [0, 0.05) is 10.7 Å². The number of rotatable bonds is 5. The lowest BCUT2D eigenvalue weighted by molar-refractivity contribution is -0.0512. The second kappa shape index (κ2) is 5.50. The SMILES string of the molecule is COc1ccc(CS(=O)(=O)Cl)cc1OC(F)F. The third-order valence-electron chi connectivity index (χ3n) is 1.78. The van der Waals surface area contributed by atoms with Crippen molar-refractivity contribution in [3.63, 3.8) is 0 Å². The quantitative estimate of drug-likeness (QED) is 0.780. The van der Waals surface area contributed by atoms with Crippen LogP contribution in [-0.4, -0.2) is 22.1 Å². The molecule has 0 aliphatic heterocycles. The minimum Gasteiger partial charge on any atom is -0.493 e. The predicted octanol–water partition coefficient (Wildman–Crippen LogP) is 2.37. The Balaban J connectivity index is 3.04. The largest absolute Gasteiger partial charge is 0.493 e. The van der Waals surface area contributed by atoms with Gasteiger partial charge in [0.25, 0.3) is 0 Å². The van der Waals surface area contributed by atoms with Crippen LogP contribution in [0.4, 0.5) is 8.78 Å². The van der Waals surface area contributed by atoms with Crippen molar-refractivity contribution in [1.29, 1.82) is 0 Å². The van der Waals surface area contributed by atoms with E-state index in [2.05, 4.69) is 4.74 Å². The van der Waals surface area contributed by atoms with Gasteiger partial charge in [-0.2, -0.15) is 8.78 Å². The van der Waals surface area contributed by atoms with Gasteiger partial charge in [0.05, 0.1) is 12.9 Å². The van der Waals surface area contributed by atoms with Gasteiger partial charge in [-0.3, -0.25) is 0 Å². The number of methoxy groups -OCH3 is 1. The van der Waals surface area contributed by atoms with Crippen LogP contribution in [-0.2, 0) is 14.8 Å². The molecule has 0 bridgehead atoms. The topological polar surface area (TPSA) is 52.6 Å². The van der Waals surface area contributed by atoms with E-state index in [-0.39, 0.29) is 17.1 Å². The highest BCUT2D eigenvalue weighted by Gasteiger charge is 2.14. The van der Waals surface area contributed by atoms with Gasteiger partial charge < -0.3 is 9.47 Å². The lowest BCUT2D eigenvalue weighted by Gasteiger charge is -2.10. The second-order valence-corrected chi connectivity index (χ2v) is 5.82. The van der Waals surface area contributed by atoms with E-state index < -0.39 is 21.4 Å². The number of alkyl halides is 2. The smallest absolute Gasteiger partial charge is 0.387 e. The van der Waals surface area contributed by atoms with Gasteiger partial charge in [-0.05, 0) is 17.7 Å². The van der Waals surface area contributed by atoms with Gasteiger partial charge in [0.15, 0.2) is 11.5 Å². The Labute approximate surface area is 102 Å². The van der Waals surface area contributed by atoms with Gasteiger partial charge in [0.2, 0.25) is 9.05 Å². The molecular weight excluding hydrogens is 278 g/mol. The molecule has 17 heavy (non-hydrogen) atoms. The Morgan fingerprint density at radius 1 is 1.35 bits per heavy atom. The number of hydrogen-bond acceptors (Lipinski definition) is 4. The monoisotopic (exact) mass is 286 g/mol.